The zero-order valence-electron chi connectivity index (χ0n) is 15.5. The second-order valence-corrected chi connectivity index (χ2v) is 8.36. The van der Waals surface area contributed by atoms with E-state index in [0.29, 0.717) is 17.3 Å². The molecule has 0 aromatic heterocycles. The van der Waals surface area contributed by atoms with Crippen molar-refractivity contribution in [3.05, 3.63) is 29.3 Å². The Morgan fingerprint density at radius 3 is 3.00 bits per heavy atom. The van der Waals surface area contributed by atoms with Gasteiger partial charge in [-0.05, 0) is 67.7 Å². The van der Waals surface area contributed by atoms with Gasteiger partial charge in [-0.15, -0.1) is 0 Å². The third-order valence-corrected chi connectivity index (χ3v) is 7.18. The summed E-state index contributed by atoms with van der Waals surface area (Å²) in [5.74, 6) is 0.778. The highest BCUT2D eigenvalue weighted by molar-refractivity contribution is 5.73. The number of fused-ring (bicyclic) bond motifs is 1. The Hall–Kier alpha value is -1.35. The van der Waals surface area contributed by atoms with Crippen molar-refractivity contribution in [2.24, 2.45) is 5.41 Å². The number of rotatable bonds is 5. The summed E-state index contributed by atoms with van der Waals surface area (Å²) in [7, 11) is 0. The summed E-state index contributed by atoms with van der Waals surface area (Å²) >= 11 is 0. The number of piperidine rings is 1. The normalized spacial score (nSPS) is 30.3. The summed E-state index contributed by atoms with van der Waals surface area (Å²) in [5.41, 5.74) is 3.57. The van der Waals surface area contributed by atoms with Gasteiger partial charge in [0.2, 0.25) is 0 Å². The Kier molecular flexibility index (Phi) is 4.61. The Labute approximate surface area is 151 Å². The van der Waals surface area contributed by atoms with E-state index in [1.165, 1.54) is 43.2 Å². The molecule has 4 rings (SSSR count). The third-order valence-electron chi connectivity index (χ3n) is 7.18. The van der Waals surface area contributed by atoms with Crippen molar-refractivity contribution in [2.75, 3.05) is 13.1 Å². The highest BCUT2D eigenvalue weighted by atomic mass is 16.5. The molecule has 1 saturated heterocycles. The highest BCUT2D eigenvalue weighted by Crippen LogP contribution is 2.63. The summed E-state index contributed by atoms with van der Waals surface area (Å²) in [4.78, 5) is 12.2. The molecule has 0 spiro atoms. The molecule has 2 unspecified atom stereocenters. The summed E-state index contributed by atoms with van der Waals surface area (Å²) < 4.78 is 5.83. The number of esters is 1. The number of nitrogens with one attached hydrogen (secondary N) is 1. The molecule has 3 heteroatoms. The van der Waals surface area contributed by atoms with Crippen LogP contribution in [0.15, 0.2) is 18.2 Å². The van der Waals surface area contributed by atoms with E-state index in [1.807, 2.05) is 6.07 Å². The molecular formula is C22H31NO2. The molecule has 1 N–H and O–H groups in total. The standard InChI is InChI=1S/C22H31NO2/c1-2-3-4-9-20(24)25-19-8-5-7-18-17(19)10-13-21-11-6-12-22(18,21)14-15-23-16-21/h5,7-8,23H,2-4,6,9-16H2,1H3. The van der Waals surface area contributed by atoms with Gasteiger partial charge in [0.25, 0.3) is 0 Å². The lowest BCUT2D eigenvalue weighted by Gasteiger charge is -2.54. The average molecular weight is 341 g/mol. The van der Waals surface area contributed by atoms with Crippen LogP contribution in [-0.4, -0.2) is 19.1 Å². The number of carbonyl (C=O) groups is 1. The van der Waals surface area contributed by atoms with Crippen molar-refractivity contribution in [1.82, 2.24) is 5.32 Å². The monoisotopic (exact) mass is 341 g/mol. The minimum atomic E-state index is -0.0621. The van der Waals surface area contributed by atoms with Crippen LogP contribution >= 0.6 is 0 Å². The topological polar surface area (TPSA) is 38.3 Å². The van der Waals surface area contributed by atoms with Crippen molar-refractivity contribution in [1.29, 1.82) is 0 Å². The molecule has 1 aromatic carbocycles. The number of carbonyl (C=O) groups excluding carboxylic acids is 1. The summed E-state index contributed by atoms with van der Waals surface area (Å²) in [6, 6.07) is 6.45. The molecule has 0 radical (unpaired) electrons. The molecule has 0 amide bonds. The SMILES string of the molecule is CCCCCC(=O)Oc1cccc2c1CCC13CCCC21CCNC3. The minimum Gasteiger partial charge on any atom is -0.426 e. The van der Waals surface area contributed by atoms with E-state index in [4.69, 9.17) is 4.74 Å². The predicted octanol–water partition coefficient (Wildman–Crippen LogP) is 4.52. The molecule has 1 saturated carbocycles. The number of hydrogen-bond donors (Lipinski definition) is 1. The van der Waals surface area contributed by atoms with E-state index in [9.17, 15) is 4.79 Å². The average Bonchev–Trinajstić information content (AvgIpc) is 3.03. The fourth-order valence-electron chi connectivity index (χ4n) is 5.94. The van der Waals surface area contributed by atoms with Gasteiger partial charge in [0.05, 0.1) is 0 Å². The number of unbranched alkanes of at least 4 members (excludes halogenated alkanes) is 2. The van der Waals surface area contributed by atoms with Crippen molar-refractivity contribution >= 4 is 5.97 Å². The van der Waals surface area contributed by atoms with Gasteiger partial charge in [0.1, 0.15) is 5.75 Å². The van der Waals surface area contributed by atoms with Crippen LogP contribution in [-0.2, 0) is 16.6 Å². The Bertz CT molecular complexity index is 655. The third kappa shape index (κ3) is 2.71. The number of benzene rings is 1. The van der Waals surface area contributed by atoms with Crippen molar-refractivity contribution in [3.8, 4) is 5.75 Å². The maximum atomic E-state index is 12.2. The van der Waals surface area contributed by atoms with Crippen LogP contribution in [0.25, 0.3) is 0 Å². The molecule has 25 heavy (non-hydrogen) atoms. The first-order valence-corrected chi connectivity index (χ1v) is 10.2. The molecule has 3 nitrogen and oxygen atoms in total. The van der Waals surface area contributed by atoms with Gasteiger partial charge in [-0.25, -0.2) is 0 Å². The molecule has 0 bridgehead atoms. The van der Waals surface area contributed by atoms with E-state index in [1.54, 1.807) is 0 Å². The van der Waals surface area contributed by atoms with E-state index in [2.05, 4.69) is 24.4 Å². The fraction of sp³-hybridized carbons (Fsp3) is 0.682. The first-order chi connectivity index (χ1) is 12.2. The molecule has 1 aliphatic heterocycles. The zero-order valence-corrected chi connectivity index (χ0v) is 15.5. The van der Waals surface area contributed by atoms with Crippen LogP contribution in [0, 0.1) is 5.41 Å². The van der Waals surface area contributed by atoms with E-state index >= 15 is 0 Å². The van der Waals surface area contributed by atoms with Crippen molar-refractivity contribution < 1.29 is 9.53 Å². The molecule has 2 aliphatic carbocycles. The second-order valence-electron chi connectivity index (χ2n) is 8.36. The molecule has 1 heterocycles. The summed E-state index contributed by atoms with van der Waals surface area (Å²) in [6.07, 6.45) is 11.2. The highest BCUT2D eigenvalue weighted by Gasteiger charge is 2.58. The van der Waals surface area contributed by atoms with Crippen LogP contribution in [0.5, 0.6) is 5.75 Å². The van der Waals surface area contributed by atoms with Crippen molar-refractivity contribution in [3.63, 3.8) is 0 Å². The van der Waals surface area contributed by atoms with Crippen LogP contribution in [0.4, 0.5) is 0 Å². The Balaban J connectivity index is 1.62. The van der Waals surface area contributed by atoms with E-state index in [0.717, 1.165) is 44.5 Å². The van der Waals surface area contributed by atoms with Gasteiger partial charge in [0, 0.05) is 18.4 Å². The maximum absolute atomic E-state index is 12.2. The van der Waals surface area contributed by atoms with Gasteiger partial charge in [-0.1, -0.05) is 38.3 Å². The van der Waals surface area contributed by atoms with Gasteiger partial charge in [0.15, 0.2) is 0 Å². The lowest BCUT2D eigenvalue weighted by atomic mass is 9.53. The Morgan fingerprint density at radius 1 is 1.20 bits per heavy atom. The largest absolute Gasteiger partial charge is 0.426 e. The maximum Gasteiger partial charge on any atom is 0.311 e. The first-order valence-electron chi connectivity index (χ1n) is 10.2. The van der Waals surface area contributed by atoms with Crippen LogP contribution < -0.4 is 10.1 Å². The lowest BCUT2D eigenvalue weighted by Crippen LogP contribution is -2.56. The second kappa shape index (κ2) is 6.75. The van der Waals surface area contributed by atoms with Crippen LogP contribution in [0.3, 0.4) is 0 Å². The smallest absolute Gasteiger partial charge is 0.311 e. The molecule has 2 fully saturated rings. The lowest BCUT2D eigenvalue weighted by molar-refractivity contribution is -0.134. The Morgan fingerprint density at radius 2 is 2.12 bits per heavy atom. The van der Waals surface area contributed by atoms with Gasteiger partial charge in [-0.2, -0.15) is 0 Å². The van der Waals surface area contributed by atoms with Crippen LogP contribution in [0.1, 0.15) is 75.8 Å². The first kappa shape index (κ1) is 17.1. The molecule has 3 aliphatic rings. The zero-order chi connectivity index (χ0) is 17.3. The van der Waals surface area contributed by atoms with Gasteiger partial charge >= 0.3 is 5.97 Å². The molecular weight excluding hydrogens is 310 g/mol. The summed E-state index contributed by atoms with van der Waals surface area (Å²) in [5, 5.41) is 3.66. The van der Waals surface area contributed by atoms with Crippen LogP contribution in [0.2, 0.25) is 0 Å². The fourth-order valence-corrected chi connectivity index (χ4v) is 5.94. The molecule has 136 valence electrons. The minimum absolute atomic E-state index is 0.0621. The van der Waals surface area contributed by atoms with E-state index < -0.39 is 0 Å². The number of ether oxygens (including phenoxy) is 1. The predicted molar refractivity (Wildman–Crippen MR) is 100.0 cm³/mol. The van der Waals surface area contributed by atoms with Gasteiger partial charge < -0.3 is 10.1 Å². The van der Waals surface area contributed by atoms with Crippen molar-refractivity contribution in [2.45, 2.75) is 76.5 Å². The molecule has 1 aromatic rings. The number of hydrogen-bond acceptors (Lipinski definition) is 3. The summed E-state index contributed by atoms with van der Waals surface area (Å²) in [6.45, 7) is 4.43. The quantitative estimate of drug-likeness (QED) is 0.486. The van der Waals surface area contributed by atoms with E-state index in [-0.39, 0.29) is 5.97 Å². The van der Waals surface area contributed by atoms with Gasteiger partial charge in [-0.3, -0.25) is 4.79 Å². The molecule has 2 atom stereocenters.